The van der Waals surface area contributed by atoms with E-state index < -0.39 is 0 Å². The number of hydrogen-bond donors (Lipinski definition) is 1. The van der Waals surface area contributed by atoms with E-state index in [1.807, 2.05) is 24.3 Å². The number of aryl methyl sites for hydroxylation is 1. The number of benzene rings is 1. The molecule has 1 aromatic heterocycles. The summed E-state index contributed by atoms with van der Waals surface area (Å²) in [5.41, 5.74) is 3.63. The molecule has 1 heterocycles. The molecule has 2 aromatic rings. The van der Waals surface area contributed by atoms with Gasteiger partial charge in [-0.1, -0.05) is 29.8 Å². The fraction of sp³-hybridized carbons (Fsp3) is 0.267. The average Bonchev–Trinajstić information content (AvgIpc) is 2.85. The largest absolute Gasteiger partial charge is 0.317 e. The number of fused-ring (bicyclic) bond motifs is 1. The third-order valence-electron chi connectivity index (χ3n) is 3.41. The predicted molar refractivity (Wildman–Crippen MR) is 80.1 cm³/mol. The molecule has 2 nitrogen and oxygen atoms in total. The topological polar surface area (TPSA) is 32.9 Å². The first kappa shape index (κ1) is 12.8. The molecule has 98 valence electrons. The van der Waals surface area contributed by atoms with Gasteiger partial charge in [0.2, 0.25) is 5.56 Å². The maximum Gasteiger partial charge on any atom is 0.249 e. The van der Waals surface area contributed by atoms with Gasteiger partial charge in [-0.25, -0.2) is 0 Å². The van der Waals surface area contributed by atoms with Crippen molar-refractivity contribution in [2.24, 2.45) is 0 Å². The van der Waals surface area contributed by atoms with Crippen LogP contribution in [-0.4, -0.2) is 4.98 Å². The van der Waals surface area contributed by atoms with Crippen molar-refractivity contribution in [1.82, 2.24) is 4.98 Å². The number of pyridine rings is 1. The van der Waals surface area contributed by atoms with E-state index >= 15 is 0 Å². The van der Waals surface area contributed by atoms with Crippen molar-refractivity contribution >= 4 is 23.4 Å². The lowest BCUT2D eigenvalue weighted by molar-refractivity contribution is 0.898. The highest BCUT2D eigenvalue weighted by atomic mass is 35.5. The Hall–Kier alpha value is -1.19. The van der Waals surface area contributed by atoms with E-state index in [1.165, 1.54) is 11.1 Å². The second-order valence-electron chi connectivity index (χ2n) is 4.70. The van der Waals surface area contributed by atoms with Crippen LogP contribution >= 0.6 is 23.4 Å². The number of H-pyrrole nitrogens is 1. The minimum absolute atomic E-state index is 0.00214. The second-order valence-corrected chi connectivity index (χ2v) is 6.09. The Morgan fingerprint density at radius 3 is 2.95 bits per heavy atom. The molecular weight excluding hydrogens is 278 g/mol. The van der Waals surface area contributed by atoms with E-state index in [4.69, 9.17) is 11.6 Å². The van der Waals surface area contributed by atoms with E-state index in [0.717, 1.165) is 40.6 Å². The summed E-state index contributed by atoms with van der Waals surface area (Å²) in [6, 6.07) is 9.58. The first-order valence-corrected chi connectivity index (χ1v) is 7.71. The second kappa shape index (κ2) is 5.43. The molecule has 3 rings (SSSR count). The summed E-state index contributed by atoms with van der Waals surface area (Å²) in [4.78, 5) is 14.6. The van der Waals surface area contributed by atoms with E-state index in [1.54, 1.807) is 17.8 Å². The first-order valence-electron chi connectivity index (χ1n) is 6.35. The van der Waals surface area contributed by atoms with Crippen molar-refractivity contribution in [3.05, 3.63) is 62.4 Å². The van der Waals surface area contributed by atoms with Crippen LogP contribution in [0.5, 0.6) is 0 Å². The molecule has 1 aromatic carbocycles. The van der Waals surface area contributed by atoms with Gasteiger partial charge in [-0.2, -0.15) is 0 Å². The summed E-state index contributed by atoms with van der Waals surface area (Å²) in [7, 11) is 0. The van der Waals surface area contributed by atoms with E-state index in [9.17, 15) is 4.79 Å². The number of halogens is 1. The Bertz CT molecular complexity index is 665. The minimum atomic E-state index is 0.00214. The molecule has 0 bridgehead atoms. The number of rotatable bonds is 3. The van der Waals surface area contributed by atoms with Crippen LogP contribution in [0.1, 0.15) is 23.1 Å². The molecule has 19 heavy (non-hydrogen) atoms. The first-order chi connectivity index (χ1) is 9.24. The summed E-state index contributed by atoms with van der Waals surface area (Å²) in [6.07, 6.45) is 3.24. The fourth-order valence-corrected chi connectivity index (χ4v) is 3.87. The molecule has 0 amide bonds. The van der Waals surface area contributed by atoms with E-state index in [2.05, 4.69) is 4.98 Å². The van der Waals surface area contributed by atoms with Gasteiger partial charge < -0.3 is 4.98 Å². The van der Waals surface area contributed by atoms with Crippen molar-refractivity contribution in [2.45, 2.75) is 30.0 Å². The number of nitrogens with one attached hydrogen (secondary N) is 1. The normalized spacial score (nSPS) is 13.5. The van der Waals surface area contributed by atoms with Gasteiger partial charge in [-0.15, -0.1) is 11.8 Å². The maximum absolute atomic E-state index is 11.6. The quantitative estimate of drug-likeness (QED) is 0.872. The van der Waals surface area contributed by atoms with Crippen LogP contribution in [0.2, 0.25) is 5.02 Å². The van der Waals surface area contributed by atoms with Gasteiger partial charge in [0.1, 0.15) is 0 Å². The summed E-state index contributed by atoms with van der Waals surface area (Å²) in [6.45, 7) is 0. The van der Waals surface area contributed by atoms with Gasteiger partial charge in [0.15, 0.2) is 0 Å². The molecule has 0 saturated heterocycles. The number of thioether (sulfide) groups is 1. The lowest BCUT2D eigenvalue weighted by Crippen LogP contribution is -2.08. The van der Waals surface area contributed by atoms with Crippen LogP contribution < -0.4 is 5.56 Å². The summed E-state index contributed by atoms with van der Waals surface area (Å²) >= 11 is 7.82. The van der Waals surface area contributed by atoms with Gasteiger partial charge in [0, 0.05) is 16.8 Å². The van der Waals surface area contributed by atoms with Crippen LogP contribution in [0.25, 0.3) is 0 Å². The molecular formula is C15H14ClNOS. The van der Waals surface area contributed by atoms with Crippen molar-refractivity contribution in [3.63, 3.8) is 0 Å². The Labute approximate surface area is 121 Å². The van der Waals surface area contributed by atoms with Crippen LogP contribution in [0, 0.1) is 0 Å². The van der Waals surface area contributed by atoms with Crippen LogP contribution in [-0.2, 0) is 18.6 Å². The van der Waals surface area contributed by atoms with Gasteiger partial charge >= 0.3 is 0 Å². The molecule has 1 N–H and O–H groups in total. The van der Waals surface area contributed by atoms with Crippen molar-refractivity contribution in [3.8, 4) is 0 Å². The van der Waals surface area contributed by atoms with Crippen molar-refractivity contribution < 1.29 is 0 Å². The highest BCUT2D eigenvalue weighted by molar-refractivity contribution is 7.98. The molecule has 0 fully saturated rings. The van der Waals surface area contributed by atoms with Crippen molar-refractivity contribution in [1.29, 1.82) is 0 Å². The molecule has 0 aliphatic heterocycles. The SMILES string of the molecule is O=c1cc2c(c(SCc3ccccc3Cl)[nH]1)CCC2. The van der Waals surface area contributed by atoms with E-state index in [-0.39, 0.29) is 5.56 Å². The Morgan fingerprint density at radius 1 is 1.26 bits per heavy atom. The van der Waals surface area contributed by atoms with Crippen LogP contribution in [0.3, 0.4) is 0 Å². The Balaban J connectivity index is 1.85. The zero-order valence-corrected chi connectivity index (χ0v) is 12.0. The smallest absolute Gasteiger partial charge is 0.249 e. The third-order valence-corrected chi connectivity index (χ3v) is 4.87. The monoisotopic (exact) mass is 291 g/mol. The van der Waals surface area contributed by atoms with Gasteiger partial charge in [-0.3, -0.25) is 4.79 Å². The van der Waals surface area contributed by atoms with Gasteiger partial charge in [0.05, 0.1) is 5.03 Å². The van der Waals surface area contributed by atoms with Crippen LogP contribution in [0.4, 0.5) is 0 Å². The molecule has 0 spiro atoms. The number of aromatic amines is 1. The molecule has 4 heteroatoms. The summed E-state index contributed by atoms with van der Waals surface area (Å²) in [5, 5.41) is 1.80. The highest BCUT2D eigenvalue weighted by Crippen LogP contribution is 2.32. The maximum atomic E-state index is 11.6. The van der Waals surface area contributed by atoms with Gasteiger partial charge in [0.25, 0.3) is 0 Å². The molecule has 0 radical (unpaired) electrons. The molecule has 0 saturated carbocycles. The van der Waals surface area contributed by atoms with Crippen LogP contribution in [0.15, 0.2) is 40.2 Å². The molecule has 1 aliphatic rings. The molecule has 0 atom stereocenters. The lowest BCUT2D eigenvalue weighted by atomic mass is 10.2. The lowest BCUT2D eigenvalue weighted by Gasteiger charge is -2.08. The number of aromatic nitrogens is 1. The molecule has 1 aliphatic carbocycles. The zero-order valence-electron chi connectivity index (χ0n) is 10.4. The minimum Gasteiger partial charge on any atom is -0.317 e. The van der Waals surface area contributed by atoms with Crippen molar-refractivity contribution in [2.75, 3.05) is 0 Å². The Kier molecular flexibility index (Phi) is 3.67. The summed E-state index contributed by atoms with van der Waals surface area (Å²) in [5.74, 6) is 0.784. The van der Waals surface area contributed by atoms with Gasteiger partial charge in [-0.05, 0) is 42.0 Å². The number of hydrogen-bond acceptors (Lipinski definition) is 2. The Morgan fingerprint density at radius 2 is 2.11 bits per heavy atom. The third kappa shape index (κ3) is 2.72. The van der Waals surface area contributed by atoms with E-state index in [0.29, 0.717) is 0 Å². The highest BCUT2D eigenvalue weighted by Gasteiger charge is 2.16. The fourth-order valence-electron chi connectivity index (χ4n) is 2.46. The predicted octanol–water partition coefficient (Wildman–Crippen LogP) is 3.81. The molecule has 0 unspecified atom stereocenters. The average molecular weight is 292 g/mol. The summed E-state index contributed by atoms with van der Waals surface area (Å²) < 4.78 is 0. The zero-order chi connectivity index (χ0) is 13.2. The standard InChI is InChI=1S/C15H14ClNOS/c16-13-7-2-1-4-11(13)9-19-15-12-6-3-5-10(12)8-14(18)17-15/h1-2,4,7-8H,3,5-6,9H2,(H,17,18).